The summed E-state index contributed by atoms with van der Waals surface area (Å²) in [5.41, 5.74) is 2.38. The Morgan fingerprint density at radius 2 is 1.85 bits per heavy atom. The van der Waals surface area contributed by atoms with Gasteiger partial charge in [0.05, 0.1) is 5.69 Å². The predicted octanol–water partition coefficient (Wildman–Crippen LogP) is 2.25. The number of aliphatic hydroxyl groups is 1. The first kappa shape index (κ1) is 13.7. The molecular formula is C15H14N2O3. The standard InChI is InChI=1S/C15H14N2O3/c18-14(15(19)20)9-13-8-12(16-10-17-13)7-6-11-4-2-1-3-5-11/h1-5,8-10,18H,6-7H2,(H,19,20). The highest BCUT2D eigenvalue weighted by Gasteiger charge is 2.05. The third kappa shape index (κ3) is 3.91. The Morgan fingerprint density at radius 3 is 2.55 bits per heavy atom. The fourth-order valence-corrected chi connectivity index (χ4v) is 1.75. The maximum Gasteiger partial charge on any atom is 0.371 e. The number of aliphatic hydroxyl groups excluding tert-OH is 1. The van der Waals surface area contributed by atoms with Crippen molar-refractivity contribution >= 4 is 12.0 Å². The first-order valence-electron chi connectivity index (χ1n) is 6.14. The second-order valence-electron chi connectivity index (χ2n) is 4.25. The Kier molecular flexibility index (Phi) is 4.44. The minimum Gasteiger partial charge on any atom is -0.502 e. The number of aromatic nitrogens is 2. The molecule has 0 unspecified atom stereocenters. The van der Waals surface area contributed by atoms with Gasteiger partial charge in [-0.2, -0.15) is 0 Å². The largest absolute Gasteiger partial charge is 0.502 e. The van der Waals surface area contributed by atoms with Crippen LogP contribution in [0.25, 0.3) is 6.08 Å². The monoisotopic (exact) mass is 270 g/mol. The molecule has 0 aliphatic rings. The van der Waals surface area contributed by atoms with Gasteiger partial charge in [-0.1, -0.05) is 30.3 Å². The average Bonchev–Trinajstić information content (AvgIpc) is 2.46. The molecule has 0 amide bonds. The third-order valence-electron chi connectivity index (χ3n) is 2.76. The van der Waals surface area contributed by atoms with Crippen LogP contribution in [0.2, 0.25) is 0 Å². The molecule has 0 aliphatic heterocycles. The van der Waals surface area contributed by atoms with Gasteiger partial charge in [-0.25, -0.2) is 14.8 Å². The second kappa shape index (κ2) is 6.47. The first-order valence-corrected chi connectivity index (χ1v) is 6.14. The summed E-state index contributed by atoms with van der Waals surface area (Å²) >= 11 is 0. The summed E-state index contributed by atoms with van der Waals surface area (Å²) in [6.07, 6.45) is 4.03. The van der Waals surface area contributed by atoms with Crippen molar-refractivity contribution in [2.45, 2.75) is 12.8 Å². The molecule has 2 aromatic rings. The Morgan fingerprint density at radius 1 is 1.10 bits per heavy atom. The van der Waals surface area contributed by atoms with E-state index < -0.39 is 11.7 Å². The minimum absolute atomic E-state index is 0.378. The van der Waals surface area contributed by atoms with E-state index in [1.807, 2.05) is 30.3 Å². The highest BCUT2D eigenvalue weighted by molar-refractivity contribution is 5.88. The number of hydrogen-bond donors (Lipinski definition) is 2. The zero-order valence-electron chi connectivity index (χ0n) is 10.7. The van der Waals surface area contributed by atoms with E-state index in [-0.39, 0.29) is 0 Å². The van der Waals surface area contributed by atoms with Gasteiger partial charge in [0, 0.05) is 11.8 Å². The van der Waals surface area contributed by atoms with Crippen molar-refractivity contribution in [3.8, 4) is 0 Å². The van der Waals surface area contributed by atoms with Crippen molar-refractivity contribution in [1.29, 1.82) is 0 Å². The van der Waals surface area contributed by atoms with Gasteiger partial charge < -0.3 is 10.2 Å². The molecule has 2 rings (SSSR count). The molecule has 0 saturated heterocycles. The summed E-state index contributed by atoms with van der Waals surface area (Å²) < 4.78 is 0. The fourth-order valence-electron chi connectivity index (χ4n) is 1.75. The maximum atomic E-state index is 10.5. The lowest BCUT2D eigenvalue weighted by atomic mass is 10.1. The normalized spacial score (nSPS) is 11.3. The van der Waals surface area contributed by atoms with E-state index in [0.717, 1.165) is 24.6 Å². The van der Waals surface area contributed by atoms with Crippen molar-refractivity contribution in [2.75, 3.05) is 0 Å². The Labute approximate surface area is 116 Å². The minimum atomic E-state index is -1.38. The topological polar surface area (TPSA) is 83.3 Å². The molecule has 1 heterocycles. The van der Waals surface area contributed by atoms with E-state index in [9.17, 15) is 9.90 Å². The summed E-state index contributed by atoms with van der Waals surface area (Å²) in [6.45, 7) is 0. The quantitative estimate of drug-likeness (QED) is 0.643. The van der Waals surface area contributed by atoms with Gasteiger partial charge in [-0.15, -0.1) is 0 Å². The van der Waals surface area contributed by atoms with Gasteiger partial charge >= 0.3 is 5.97 Å². The number of carboxylic acid groups (broad SMARTS) is 1. The van der Waals surface area contributed by atoms with E-state index in [1.165, 1.54) is 11.9 Å². The SMILES string of the molecule is O=C(O)C(O)=Cc1cc(CCc2ccccc2)ncn1. The highest BCUT2D eigenvalue weighted by atomic mass is 16.4. The molecule has 0 spiro atoms. The van der Waals surface area contributed by atoms with Gasteiger partial charge in [-0.3, -0.25) is 0 Å². The maximum absolute atomic E-state index is 10.5. The number of carboxylic acids is 1. The second-order valence-corrected chi connectivity index (χ2v) is 4.25. The molecule has 0 radical (unpaired) electrons. The smallest absolute Gasteiger partial charge is 0.371 e. The number of aryl methyl sites for hydroxylation is 2. The summed E-state index contributed by atoms with van der Waals surface area (Å²) in [5.74, 6) is -2.12. The van der Waals surface area contributed by atoms with Gasteiger partial charge in [0.25, 0.3) is 0 Å². The molecule has 0 atom stereocenters. The molecule has 102 valence electrons. The Balaban J connectivity index is 2.07. The number of nitrogens with zero attached hydrogens (tertiary/aromatic N) is 2. The lowest BCUT2D eigenvalue weighted by Crippen LogP contribution is -2.00. The van der Waals surface area contributed by atoms with Crippen LogP contribution in [0.15, 0.2) is 48.5 Å². The van der Waals surface area contributed by atoms with Crippen LogP contribution in [0.1, 0.15) is 17.0 Å². The van der Waals surface area contributed by atoms with Crippen LogP contribution < -0.4 is 0 Å². The van der Waals surface area contributed by atoms with Gasteiger partial charge in [0.1, 0.15) is 6.33 Å². The third-order valence-corrected chi connectivity index (χ3v) is 2.76. The molecule has 0 bridgehead atoms. The number of carbonyl (C=O) groups is 1. The lowest BCUT2D eigenvalue weighted by molar-refractivity contribution is -0.135. The van der Waals surface area contributed by atoms with E-state index >= 15 is 0 Å². The summed E-state index contributed by atoms with van der Waals surface area (Å²) in [6, 6.07) is 11.7. The summed E-state index contributed by atoms with van der Waals surface area (Å²) in [7, 11) is 0. The van der Waals surface area contributed by atoms with E-state index in [2.05, 4.69) is 9.97 Å². The van der Waals surface area contributed by atoms with Gasteiger partial charge in [0.2, 0.25) is 5.76 Å². The van der Waals surface area contributed by atoms with Crippen molar-refractivity contribution in [3.05, 3.63) is 65.4 Å². The number of hydrogen-bond acceptors (Lipinski definition) is 4. The molecule has 1 aromatic heterocycles. The van der Waals surface area contributed by atoms with E-state index in [1.54, 1.807) is 6.07 Å². The van der Waals surface area contributed by atoms with Crippen molar-refractivity contribution in [3.63, 3.8) is 0 Å². The van der Waals surface area contributed by atoms with Gasteiger partial charge in [0.15, 0.2) is 0 Å². The van der Waals surface area contributed by atoms with Gasteiger partial charge in [-0.05, 0) is 24.5 Å². The van der Waals surface area contributed by atoms with Crippen LogP contribution in [0, 0.1) is 0 Å². The van der Waals surface area contributed by atoms with Crippen molar-refractivity contribution in [2.24, 2.45) is 0 Å². The molecule has 2 N–H and O–H groups in total. The molecule has 5 heteroatoms. The first-order chi connectivity index (χ1) is 9.65. The van der Waals surface area contributed by atoms with Crippen LogP contribution in [-0.4, -0.2) is 26.2 Å². The molecule has 1 aromatic carbocycles. The number of aliphatic carboxylic acids is 1. The average molecular weight is 270 g/mol. The number of rotatable bonds is 5. The Bertz CT molecular complexity index is 624. The predicted molar refractivity (Wildman–Crippen MR) is 74.1 cm³/mol. The highest BCUT2D eigenvalue weighted by Crippen LogP contribution is 2.08. The van der Waals surface area contributed by atoms with Crippen LogP contribution in [-0.2, 0) is 17.6 Å². The molecule has 0 saturated carbocycles. The van der Waals surface area contributed by atoms with Crippen LogP contribution in [0.4, 0.5) is 0 Å². The molecule has 0 aliphatic carbocycles. The molecule has 20 heavy (non-hydrogen) atoms. The van der Waals surface area contributed by atoms with E-state index in [4.69, 9.17) is 5.11 Å². The lowest BCUT2D eigenvalue weighted by Gasteiger charge is -2.02. The fraction of sp³-hybridized carbons (Fsp3) is 0.133. The summed E-state index contributed by atoms with van der Waals surface area (Å²) in [5, 5.41) is 17.8. The van der Waals surface area contributed by atoms with Crippen LogP contribution in [0.5, 0.6) is 0 Å². The zero-order chi connectivity index (χ0) is 14.4. The number of benzene rings is 1. The molecule has 0 fully saturated rings. The molecular weight excluding hydrogens is 256 g/mol. The zero-order valence-corrected chi connectivity index (χ0v) is 10.7. The van der Waals surface area contributed by atoms with Crippen LogP contribution >= 0.6 is 0 Å². The Hall–Kier alpha value is -2.69. The van der Waals surface area contributed by atoms with E-state index in [0.29, 0.717) is 5.69 Å². The van der Waals surface area contributed by atoms with Crippen LogP contribution in [0.3, 0.4) is 0 Å². The van der Waals surface area contributed by atoms with Crippen molar-refractivity contribution in [1.82, 2.24) is 9.97 Å². The van der Waals surface area contributed by atoms with Crippen molar-refractivity contribution < 1.29 is 15.0 Å². The molecule has 5 nitrogen and oxygen atoms in total. The summed E-state index contributed by atoms with van der Waals surface area (Å²) in [4.78, 5) is 18.6.